The SMILES string of the molecule is C=C/C=C(\C(=C/C)CBr)[N+](=O)[O-].CC. The quantitative estimate of drug-likeness (QED) is 0.335. The Morgan fingerprint density at radius 3 is 2.29 bits per heavy atom. The van der Waals surface area contributed by atoms with Crippen molar-refractivity contribution >= 4 is 15.9 Å². The fourth-order valence-electron chi connectivity index (χ4n) is 0.690. The lowest BCUT2D eigenvalue weighted by molar-refractivity contribution is -0.420. The highest BCUT2D eigenvalue weighted by Gasteiger charge is 2.13. The number of hydrogen-bond acceptors (Lipinski definition) is 2. The molecular weight excluding hydrogens is 246 g/mol. The molecule has 0 atom stereocenters. The average molecular weight is 262 g/mol. The van der Waals surface area contributed by atoms with Crippen molar-refractivity contribution in [2.75, 3.05) is 5.33 Å². The third-order valence-electron chi connectivity index (χ3n) is 1.29. The third kappa shape index (κ3) is 5.70. The molecule has 4 heteroatoms. The largest absolute Gasteiger partial charge is 0.273 e. The first-order chi connectivity index (χ1) is 6.67. The first-order valence-corrected chi connectivity index (χ1v) is 5.48. The van der Waals surface area contributed by atoms with E-state index in [1.54, 1.807) is 13.0 Å². The number of nitro groups is 1. The van der Waals surface area contributed by atoms with E-state index >= 15 is 0 Å². The molecule has 0 unspecified atom stereocenters. The van der Waals surface area contributed by atoms with Gasteiger partial charge in [-0.15, -0.1) is 0 Å². The van der Waals surface area contributed by atoms with Gasteiger partial charge in [0.25, 0.3) is 5.70 Å². The van der Waals surface area contributed by atoms with Gasteiger partial charge in [-0.25, -0.2) is 0 Å². The fraction of sp³-hybridized carbons (Fsp3) is 0.400. The summed E-state index contributed by atoms with van der Waals surface area (Å²) in [6.45, 7) is 9.17. The van der Waals surface area contributed by atoms with Crippen LogP contribution >= 0.6 is 15.9 Å². The summed E-state index contributed by atoms with van der Waals surface area (Å²) in [7, 11) is 0. The third-order valence-corrected chi connectivity index (χ3v) is 1.90. The van der Waals surface area contributed by atoms with Crippen molar-refractivity contribution in [1.82, 2.24) is 0 Å². The van der Waals surface area contributed by atoms with E-state index in [-0.39, 0.29) is 5.70 Å². The molecule has 0 aliphatic carbocycles. The maximum absolute atomic E-state index is 10.5. The van der Waals surface area contributed by atoms with Gasteiger partial charge < -0.3 is 0 Å². The molecule has 0 rings (SSSR count). The maximum atomic E-state index is 10.5. The molecule has 0 N–H and O–H groups in total. The molecule has 0 saturated carbocycles. The molecule has 0 aromatic rings. The number of hydrogen-bond donors (Lipinski definition) is 0. The Balaban J connectivity index is 0. The molecule has 0 aliphatic heterocycles. The Morgan fingerprint density at radius 1 is 1.57 bits per heavy atom. The number of rotatable bonds is 4. The van der Waals surface area contributed by atoms with Crippen LogP contribution in [0.2, 0.25) is 0 Å². The Labute approximate surface area is 93.5 Å². The number of nitrogens with zero attached hydrogens (tertiary/aromatic N) is 1. The van der Waals surface area contributed by atoms with Crippen LogP contribution in [-0.2, 0) is 0 Å². The first kappa shape index (κ1) is 15.6. The summed E-state index contributed by atoms with van der Waals surface area (Å²) in [5.74, 6) is 0. The molecular formula is C10H16BrNO2. The summed E-state index contributed by atoms with van der Waals surface area (Å²) in [6, 6.07) is 0. The second-order valence-corrected chi connectivity index (χ2v) is 2.55. The van der Waals surface area contributed by atoms with Crippen LogP contribution in [0.5, 0.6) is 0 Å². The van der Waals surface area contributed by atoms with Crippen molar-refractivity contribution < 1.29 is 4.92 Å². The Kier molecular flexibility index (Phi) is 11.3. The highest BCUT2D eigenvalue weighted by Crippen LogP contribution is 2.13. The lowest BCUT2D eigenvalue weighted by Crippen LogP contribution is -2.02. The molecule has 0 aromatic carbocycles. The highest BCUT2D eigenvalue weighted by atomic mass is 79.9. The molecule has 0 aromatic heterocycles. The maximum Gasteiger partial charge on any atom is 0.273 e. The van der Waals surface area contributed by atoms with Gasteiger partial charge in [0.15, 0.2) is 0 Å². The Morgan fingerprint density at radius 2 is 2.07 bits per heavy atom. The van der Waals surface area contributed by atoms with Crippen molar-refractivity contribution in [2.45, 2.75) is 20.8 Å². The van der Waals surface area contributed by atoms with E-state index in [9.17, 15) is 10.1 Å². The standard InChI is InChI=1S/C8H10BrNO2.C2H6/c1-3-5-8(10(11)12)7(4-2)6-9;1-2/h3-5H,1,6H2,2H3;1-2H3/b7-4-,8-5+;. The summed E-state index contributed by atoms with van der Waals surface area (Å²) < 4.78 is 0. The zero-order valence-corrected chi connectivity index (χ0v) is 10.4. The highest BCUT2D eigenvalue weighted by molar-refractivity contribution is 9.09. The predicted molar refractivity (Wildman–Crippen MR) is 64.2 cm³/mol. The fourth-order valence-corrected chi connectivity index (χ4v) is 1.30. The molecule has 0 amide bonds. The number of allylic oxidation sites excluding steroid dienone is 4. The van der Waals surface area contributed by atoms with Crippen LogP contribution < -0.4 is 0 Å². The van der Waals surface area contributed by atoms with Crippen LogP contribution in [-0.4, -0.2) is 10.3 Å². The van der Waals surface area contributed by atoms with Crippen LogP contribution in [0.3, 0.4) is 0 Å². The van der Waals surface area contributed by atoms with Gasteiger partial charge in [0.2, 0.25) is 0 Å². The second kappa shape index (κ2) is 10.2. The number of alkyl halides is 1. The number of halogens is 1. The molecule has 0 spiro atoms. The first-order valence-electron chi connectivity index (χ1n) is 4.36. The van der Waals surface area contributed by atoms with E-state index in [1.165, 1.54) is 12.2 Å². The van der Waals surface area contributed by atoms with Gasteiger partial charge in [0.1, 0.15) is 0 Å². The molecule has 0 radical (unpaired) electrons. The molecule has 14 heavy (non-hydrogen) atoms. The molecule has 80 valence electrons. The van der Waals surface area contributed by atoms with Crippen molar-refractivity contribution in [3.05, 3.63) is 46.2 Å². The minimum Gasteiger partial charge on any atom is -0.258 e. The van der Waals surface area contributed by atoms with Gasteiger partial charge in [0, 0.05) is 17.0 Å². The van der Waals surface area contributed by atoms with Crippen molar-refractivity contribution in [3.63, 3.8) is 0 Å². The molecule has 0 fully saturated rings. The summed E-state index contributed by atoms with van der Waals surface area (Å²) in [4.78, 5) is 10.1. The van der Waals surface area contributed by atoms with E-state index in [4.69, 9.17) is 0 Å². The minimum atomic E-state index is -0.418. The summed E-state index contributed by atoms with van der Waals surface area (Å²) in [6.07, 6.45) is 4.49. The Bertz CT molecular complexity index is 245. The summed E-state index contributed by atoms with van der Waals surface area (Å²) in [5, 5.41) is 11.0. The Hall–Kier alpha value is -0.900. The van der Waals surface area contributed by atoms with Gasteiger partial charge in [0.05, 0.1) is 4.92 Å². The lowest BCUT2D eigenvalue weighted by Gasteiger charge is -1.97. The van der Waals surface area contributed by atoms with Gasteiger partial charge in [-0.3, -0.25) is 10.1 Å². The topological polar surface area (TPSA) is 43.1 Å². The van der Waals surface area contributed by atoms with E-state index in [1.807, 2.05) is 13.8 Å². The van der Waals surface area contributed by atoms with Crippen LogP contribution in [0, 0.1) is 10.1 Å². The zero-order valence-electron chi connectivity index (χ0n) is 8.79. The van der Waals surface area contributed by atoms with Crippen LogP contribution in [0.15, 0.2) is 36.1 Å². The minimum absolute atomic E-state index is 0.0874. The normalized spacial score (nSPS) is 11.4. The van der Waals surface area contributed by atoms with Crippen molar-refractivity contribution in [3.8, 4) is 0 Å². The molecule has 0 heterocycles. The monoisotopic (exact) mass is 261 g/mol. The predicted octanol–water partition coefficient (Wildman–Crippen LogP) is 3.70. The van der Waals surface area contributed by atoms with Crippen LogP contribution in [0.4, 0.5) is 0 Å². The molecule has 0 saturated heterocycles. The van der Waals surface area contributed by atoms with Crippen molar-refractivity contribution in [2.24, 2.45) is 0 Å². The lowest BCUT2D eigenvalue weighted by atomic mass is 10.2. The van der Waals surface area contributed by atoms with E-state index in [0.29, 0.717) is 10.9 Å². The van der Waals surface area contributed by atoms with E-state index < -0.39 is 4.92 Å². The van der Waals surface area contributed by atoms with Gasteiger partial charge in [-0.1, -0.05) is 48.5 Å². The van der Waals surface area contributed by atoms with Crippen LogP contribution in [0.1, 0.15) is 20.8 Å². The van der Waals surface area contributed by atoms with Gasteiger partial charge in [-0.05, 0) is 6.92 Å². The second-order valence-electron chi connectivity index (χ2n) is 1.99. The molecule has 0 bridgehead atoms. The summed E-state index contributed by atoms with van der Waals surface area (Å²) in [5.41, 5.74) is 0.740. The van der Waals surface area contributed by atoms with E-state index in [2.05, 4.69) is 22.5 Å². The van der Waals surface area contributed by atoms with E-state index in [0.717, 1.165) is 0 Å². The van der Waals surface area contributed by atoms with Gasteiger partial charge >= 0.3 is 0 Å². The smallest absolute Gasteiger partial charge is 0.258 e. The zero-order chi connectivity index (χ0) is 11.6. The summed E-state index contributed by atoms with van der Waals surface area (Å²) >= 11 is 3.17. The molecule has 3 nitrogen and oxygen atoms in total. The average Bonchev–Trinajstić information content (AvgIpc) is 2.21. The molecule has 0 aliphatic rings. The van der Waals surface area contributed by atoms with Gasteiger partial charge in [-0.2, -0.15) is 0 Å². The van der Waals surface area contributed by atoms with Crippen molar-refractivity contribution in [1.29, 1.82) is 0 Å². The van der Waals surface area contributed by atoms with Crippen LogP contribution in [0.25, 0.3) is 0 Å².